The monoisotopic (exact) mass is 785 g/mol. The number of aromatic nitrogens is 5. The minimum atomic E-state index is -0.666. The number of amides is 3. The summed E-state index contributed by atoms with van der Waals surface area (Å²) in [6.07, 6.45) is 8.37. The van der Waals surface area contributed by atoms with Gasteiger partial charge >= 0.3 is 6.09 Å². The lowest BCUT2D eigenvalue weighted by molar-refractivity contribution is -0.137. The van der Waals surface area contributed by atoms with Crippen LogP contribution in [0.3, 0.4) is 0 Å². The Labute approximate surface area is 338 Å². The molecule has 14 nitrogen and oxygen atoms in total. The van der Waals surface area contributed by atoms with Crippen LogP contribution < -0.4 is 5.32 Å². The van der Waals surface area contributed by atoms with Crippen LogP contribution in [0.15, 0.2) is 79.1 Å². The summed E-state index contributed by atoms with van der Waals surface area (Å²) in [6, 6.07) is 20.9. The first-order chi connectivity index (χ1) is 28.3. The van der Waals surface area contributed by atoms with Gasteiger partial charge in [0.2, 0.25) is 11.8 Å². The normalized spacial score (nSPS) is 20.6. The van der Waals surface area contributed by atoms with Gasteiger partial charge in [-0.05, 0) is 87.9 Å². The van der Waals surface area contributed by atoms with E-state index in [2.05, 4.69) is 68.8 Å². The van der Waals surface area contributed by atoms with E-state index in [-0.39, 0.29) is 23.9 Å². The highest BCUT2D eigenvalue weighted by molar-refractivity contribution is 5.86. The quantitative estimate of drug-likeness (QED) is 0.158. The van der Waals surface area contributed by atoms with Gasteiger partial charge in [0.05, 0.1) is 54.8 Å². The number of fused-ring (bicyclic) bond motifs is 4. The van der Waals surface area contributed by atoms with E-state index in [0.29, 0.717) is 32.7 Å². The second-order valence-electron chi connectivity index (χ2n) is 15.5. The smallest absolute Gasteiger partial charge is 0.407 e. The number of rotatable bonds is 8. The fraction of sp³-hybridized carbons (Fsp3) is 0.409. The number of likely N-dealkylation sites (N-methyl/N-ethyl adjacent to an activating group) is 1. The first-order valence-electron chi connectivity index (χ1n) is 20.2. The summed E-state index contributed by atoms with van der Waals surface area (Å²) in [5.41, 5.74) is 7.43. The molecule has 3 aromatic heterocycles. The van der Waals surface area contributed by atoms with Gasteiger partial charge in [-0.3, -0.25) is 19.5 Å². The highest BCUT2D eigenvalue weighted by Crippen LogP contribution is 2.37. The van der Waals surface area contributed by atoms with Gasteiger partial charge in [0.15, 0.2) is 0 Å². The van der Waals surface area contributed by atoms with Crippen molar-refractivity contribution in [3.63, 3.8) is 0 Å². The number of benzene rings is 2. The Morgan fingerprint density at radius 1 is 0.845 bits per heavy atom. The van der Waals surface area contributed by atoms with E-state index < -0.39 is 18.2 Å². The van der Waals surface area contributed by atoms with Crippen LogP contribution in [-0.2, 0) is 25.7 Å². The largest absolute Gasteiger partial charge is 0.453 e. The van der Waals surface area contributed by atoms with Gasteiger partial charge in [-0.25, -0.2) is 14.8 Å². The maximum atomic E-state index is 13.9. The van der Waals surface area contributed by atoms with Crippen molar-refractivity contribution in [1.82, 2.24) is 44.9 Å². The lowest BCUT2D eigenvalue weighted by Crippen LogP contribution is -2.48. The number of ether oxygens (including phenoxy) is 2. The zero-order valence-corrected chi connectivity index (χ0v) is 33.3. The average molecular weight is 786 g/mol. The fourth-order valence-corrected chi connectivity index (χ4v) is 8.57. The Kier molecular flexibility index (Phi) is 11.6. The molecule has 5 aromatic rings. The third-order valence-corrected chi connectivity index (χ3v) is 11.6. The average Bonchev–Trinajstić information content (AvgIpc) is 4.08. The molecule has 0 saturated carbocycles. The molecule has 6 heterocycles. The molecule has 2 fully saturated rings. The number of hydrogen-bond donors (Lipinski definition) is 3. The third-order valence-electron chi connectivity index (χ3n) is 11.6. The van der Waals surface area contributed by atoms with Crippen LogP contribution in [0.25, 0.3) is 33.6 Å². The van der Waals surface area contributed by atoms with Crippen LogP contribution in [0, 0.1) is 0 Å². The van der Waals surface area contributed by atoms with E-state index in [1.54, 1.807) is 6.20 Å². The molecule has 0 radical (unpaired) electrons. The Morgan fingerprint density at radius 2 is 1.57 bits per heavy atom. The molecule has 3 aliphatic rings. The Hall–Kier alpha value is -5.86. The Bertz CT molecular complexity index is 2200. The summed E-state index contributed by atoms with van der Waals surface area (Å²) in [5.74, 6) is 1.44. The second kappa shape index (κ2) is 17.3. The number of alkyl carbamates (subject to hydrolysis) is 1. The van der Waals surface area contributed by atoms with Gasteiger partial charge in [0, 0.05) is 31.5 Å². The SMILES string of the molecule is COC(=O)N[C@H]1CCCCOCc2[nH]c(nc2-c2ccc(-c3ccc(-c4cnc([C@@H]5CCCN5C(=O)C(c5ccccn5)N(C)C)[nH]4)cc3)cc2)[C@@H]2CCCN2C1=O. The van der Waals surface area contributed by atoms with Crippen molar-refractivity contribution in [3.05, 3.63) is 102 Å². The number of pyridine rings is 1. The van der Waals surface area contributed by atoms with Crippen LogP contribution in [0.1, 0.15) is 86.1 Å². The molecule has 3 N–H and O–H groups in total. The van der Waals surface area contributed by atoms with Gasteiger partial charge in [0.25, 0.3) is 0 Å². The lowest BCUT2D eigenvalue weighted by Gasteiger charge is -2.30. The first-order valence-corrected chi connectivity index (χ1v) is 20.2. The second-order valence-corrected chi connectivity index (χ2v) is 15.5. The molecule has 58 heavy (non-hydrogen) atoms. The predicted octanol–water partition coefficient (Wildman–Crippen LogP) is 6.58. The molecule has 2 aromatic carbocycles. The third kappa shape index (κ3) is 8.12. The van der Waals surface area contributed by atoms with Crippen molar-refractivity contribution in [1.29, 1.82) is 0 Å². The summed E-state index contributed by atoms with van der Waals surface area (Å²) in [4.78, 5) is 66.8. The number of nitrogens with one attached hydrogen (secondary N) is 3. The number of nitrogens with zero attached hydrogens (tertiary/aromatic N) is 6. The fourth-order valence-electron chi connectivity index (χ4n) is 8.57. The van der Waals surface area contributed by atoms with E-state index in [4.69, 9.17) is 19.4 Å². The number of imidazole rings is 2. The first kappa shape index (κ1) is 39.0. The number of likely N-dealkylation sites (tertiary alicyclic amines) is 1. The molecular weight excluding hydrogens is 735 g/mol. The molecule has 2 bridgehead atoms. The lowest BCUT2D eigenvalue weighted by atomic mass is 10.0. The molecule has 1 unspecified atom stereocenters. The molecule has 302 valence electrons. The number of methoxy groups -OCH3 is 1. The van der Waals surface area contributed by atoms with Gasteiger partial charge in [-0.2, -0.15) is 0 Å². The van der Waals surface area contributed by atoms with Crippen molar-refractivity contribution >= 4 is 17.9 Å². The van der Waals surface area contributed by atoms with Crippen molar-refractivity contribution < 1.29 is 23.9 Å². The molecule has 2 saturated heterocycles. The van der Waals surface area contributed by atoms with Crippen LogP contribution in [-0.4, -0.2) is 104 Å². The van der Waals surface area contributed by atoms with E-state index in [1.165, 1.54) is 7.11 Å². The van der Waals surface area contributed by atoms with Gasteiger partial charge < -0.3 is 34.6 Å². The summed E-state index contributed by atoms with van der Waals surface area (Å²) in [7, 11) is 5.13. The number of hydrogen-bond acceptors (Lipinski definition) is 9. The molecule has 8 rings (SSSR count). The summed E-state index contributed by atoms with van der Waals surface area (Å²) < 4.78 is 10.9. The van der Waals surface area contributed by atoms with E-state index >= 15 is 0 Å². The number of carbonyl (C=O) groups is 3. The zero-order chi connectivity index (χ0) is 40.2. The maximum absolute atomic E-state index is 13.9. The van der Waals surface area contributed by atoms with E-state index in [1.807, 2.05) is 53.2 Å². The van der Waals surface area contributed by atoms with Crippen molar-refractivity contribution in [3.8, 4) is 33.6 Å². The molecule has 0 aliphatic carbocycles. The maximum Gasteiger partial charge on any atom is 0.407 e. The Morgan fingerprint density at radius 3 is 2.29 bits per heavy atom. The minimum absolute atomic E-state index is 0.0316. The van der Waals surface area contributed by atoms with Gasteiger partial charge in [-0.15, -0.1) is 0 Å². The van der Waals surface area contributed by atoms with Crippen molar-refractivity contribution in [2.75, 3.05) is 40.9 Å². The van der Waals surface area contributed by atoms with Crippen molar-refractivity contribution in [2.24, 2.45) is 0 Å². The number of aromatic amines is 2. The van der Waals surface area contributed by atoms with Crippen LogP contribution in [0.4, 0.5) is 4.79 Å². The van der Waals surface area contributed by atoms with Crippen molar-refractivity contribution in [2.45, 2.75) is 75.7 Å². The van der Waals surface area contributed by atoms with E-state index in [0.717, 1.165) is 95.2 Å². The molecule has 0 spiro atoms. The predicted molar refractivity (Wildman–Crippen MR) is 218 cm³/mol. The van der Waals surface area contributed by atoms with Crippen LogP contribution in [0.2, 0.25) is 0 Å². The summed E-state index contributed by atoms with van der Waals surface area (Å²) in [6.45, 7) is 2.18. The molecule has 14 heteroatoms. The minimum Gasteiger partial charge on any atom is -0.453 e. The highest BCUT2D eigenvalue weighted by Gasteiger charge is 2.39. The van der Waals surface area contributed by atoms with Gasteiger partial charge in [-0.1, -0.05) is 54.6 Å². The molecule has 4 atom stereocenters. The number of H-pyrrole nitrogens is 2. The summed E-state index contributed by atoms with van der Waals surface area (Å²) in [5, 5.41) is 2.75. The number of carbonyl (C=O) groups excluding carboxylic acids is 3. The highest BCUT2D eigenvalue weighted by atomic mass is 16.5. The van der Waals surface area contributed by atoms with Crippen LogP contribution in [0.5, 0.6) is 0 Å². The Balaban J connectivity index is 0.972. The summed E-state index contributed by atoms with van der Waals surface area (Å²) >= 11 is 0. The molecule has 3 amide bonds. The standard InChI is InChI=1S/C44H51N9O5/c1-51(2)39(32-10-4-6-22-45-32)43(55)53-24-8-12-36(53)40-46-26-34(47-40)30-18-14-28(15-19-30)29-16-20-31(21-17-29)38-35-27-58-25-7-5-11-33(49-44(56)57-3)42(54)52-23-9-13-37(52)41(48-35)50-38/h4,6,10,14-22,26,33,36-37,39H,5,7-9,11-13,23-25,27H2,1-3H3,(H,46,47)(H,48,50)(H,49,56)/t33-,36-,37-,39?/m0/s1. The molecule has 3 aliphatic heterocycles. The zero-order valence-electron chi connectivity index (χ0n) is 33.3. The topological polar surface area (TPSA) is 162 Å². The van der Waals surface area contributed by atoms with Crippen LogP contribution >= 0.6 is 0 Å². The molecular formula is C44H51N9O5. The van der Waals surface area contributed by atoms with Gasteiger partial charge in [0.1, 0.15) is 23.7 Å². The van der Waals surface area contributed by atoms with E-state index in [9.17, 15) is 14.4 Å².